The largest absolute Gasteiger partial charge is 0.508 e. The normalized spacial score (nSPS) is 16.2. The number of carbonyl (C=O) groups excluding carboxylic acids is 16. The quantitative estimate of drug-likeness (QED) is 0.0415. The topological polar surface area (TPSA) is 621 Å². The van der Waals surface area contributed by atoms with E-state index in [1.54, 1.807) is 19.1 Å². The molecule has 752 valence electrons. The Bertz CT molecular complexity index is 3770. The summed E-state index contributed by atoms with van der Waals surface area (Å²) in [4.78, 5) is 230. The number of amides is 16. The molecular weight excluding hydrogens is 1700 g/mol. The van der Waals surface area contributed by atoms with Gasteiger partial charge in [0, 0.05) is 6.54 Å². The molecular formula is C94H169N21O17. The summed E-state index contributed by atoms with van der Waals surface area (Å²) in [6.07, 6.45) is 6.01. The molecule has 0 unspecified atom stereocenters. The molecule has 1 fully saturated rings. The first-order valence-corrected chi connectivity index (χ1v) is 48.3. The molecule has 1 aromatic carbocycles. The molecule has 38 heteroatoms. The summed E-state index contributed by atoms with van der Waals surface area (Å²) in [6.45, 7) is 33.6. The minimum absolute atomic E-state index is 0.000645. The van der Waals surface area contributed by atoms with E-state index in [4.69, 9.17) is 34.4 Å². The third-order valence-electron chi connectivity index (χ3n) is 22.9. The summed E-state index contributed by atoms with van der Waals surface area (Å²) < 4.78 is 0. The molecule has 1 heterocycles. The predicted octanol–water partition coefficient (Wildman–Crippen LogP) is 2.09. The van der Waals surface area contributed by atoms with Crippen molar-refractivity contribution in [2.24, 2.45) is 87.7 Å². The highest BCUT2D eigenvalue weighted by Crippen LogP contribution is 2.24. The minimum atomic E-state index is -1.28. The van der Waals surface area contributed by atoms with Crippen molar-refractivity contribution in [1.82, 2.24) is 79.3 Å². The minimum Gasteiger partial charge on any atom is -0.508 e. The summed E-state index contributed by atoms with van der Waals surface area (Å²) in [6, 6.07) is -11.7. The van der Waals surface area contributed by atoms with Crippen LogP contribution in [0.5, 0.6) is 5.75 Å². The number of likely N-dealkylation sites (tertiary alicyclic amines) is 1. The Labute approximate surface area is 783 Å². The van der Waals surface area contributed by atoms with Crippen molar-refractivity contribution in [3.63, 3.8) is 0 Å². The number of aromatic hydroxyl groups is 1. The van der Waals surface area contributed by atoms with E-state index in [2.05, 4.69) is 74.4 Å². The number of nitrogens with one attached hydrogen (secondary N) is 14. The van der Waals surface area contributed by atoms with E-state index in [0.29, 0.717) is 82.9 Å². The number of phenols is 1. The van der Waals surface area contributed by atoms with Crippen molar-refractivity contribution in [2.45, 2.75) is 369 Å². The first kappa shape index (κ1) is 118. The highest BCUT2D eigenvalue weighted by molar-refractivity contribution is 6.01. The average molecular weight is 1870 g/mol. The number of benzene rings is 1. The Morgan fingerprint density at radius 3 is 0.985 bits per heavy atom. The first-order valence-electron chi connectivity index (χ1n) is 48.3. The van der Waals surface area contributed by atoms with Crippen molar-refractivity contribution in [3.05, 3.63) is 29.8 Å². The summed E-state index contributed by atoms with van der Waals surface area (Å²) in [7, 11) is 0. The fraction of sp³-hybridized carbons (Fsp3) is 0.766. The number of nitrogens with two attached hydrogens (primary N) is 6. The molecule has 0 spiro atoms. The number of rotatable bonds is 66. The van der Waals surface area contributed by atoms with Gasteiger partial charge in [0.25, 0.3) is 0 Å². The molecule has 16 amide bonds. The Balaban J connectivity index is 2.44. The maximum Gasteiger partial charge on any atom is 0.245 e. The fourth-order valence-corrected chi connectivity index (χ4v) is 15.6. The SMILES string of the molecule is CC[C@H](C)[C@H](NC(=O)[C@H](CC(C)C)NC(=O)[C@H](CC(C)C)NC(=O)CNC(=O)[C@H](CCCCN)NC(=O)[C@@H]1CCCN1C(=O)[C@H](CC(C)C)NC(=O)[C@H](CC(C)C)NC(=O)[C@H](CC(C)C)NC(=O)[C@H](CCCCN)NC(=O)[C@H](CC(C)C)NC(=O)[C@H](CC(C)C)NC(=O)[C@H](CCCCN)NC(=O)[C@@H](N)Cc1ccc(O)cc1)C(=O)N[C@@H](CCCCN)C(=O)N[C@@H](CC(C)C)C(N)=O. The molecule has 38 nitrogen and oxygen atoms in total. The lowest BCUT2D eigenvalue weighted by Gasteiger charge is -2.32. The molecule has 16 atom stereocenters. The molecule has 0 aromatic heterocycles. The Hall–Kier alpha value is -9.66. The average Bonchev–Trinajstić information content (AvgIpc) is 1.66. The lowest BCUT2D eigenvalue weighted by molar-refractivity contribution is -0.143. The highest BCUT2D eigenvalue weighted by Gasteiger charge is 2.43. The second-order valence-corrected chi connectivity index (χ2v) is 39.1. The lowest BCUT2D eigenvalue weighted by atomic mass is 9.95. The molecule has 0 bridgehead atoms. The van der Waals surface area contributed by atoms with Crippen LogP contribution in [-0.2, 0) is 83.1 Å². The van der Waals surface area contributed by atoms with Gasteiger partial charge in [-0.1, -0.05) is 143 Å². The maximum atomic E-state index is 15.1. The molecule has 0 saturated carbocycles. The van der Waals surface area contributed by atoms with E-state index in [0.717, 1.165) is 0 Å². The van der Waals surface area contributed by atoms with Gasteiger partial charge in [0.15, 0.2) is 0 Å². The van der Waals surface area contributed by atoms with Gasteiger partial charge in [0.05, 0.1) is 12.6 Å². The van der Waals surface area contributed by atoms with Crippen LogP contribution in [-0.4, -0.2) is 234 Å². The molecule has 27 N–H and O–H groups in total. The van der Waals surface area contributed by atoms with Crippen LogP contribution in [0.15, 0.2) is 24.3 Å². The van der Waals surface area contributed by atoms with Gasteiger partial charge in [-0.3, -0.25) is 76.7 Å². The zero-order chi connectivity index (χ0) is 99.8. The van der Waals surface area contributed by atoms with Gasteiger partial charge in [-0.15, -0.1) is 0 Å². The smallest absolute Gasteiger partial charge is 0.245 e. The Kier molecular flexibility index (Phi) is 56.3. The van der Waals surface area contributed by atoms with E-state index in [1.165, 1.54) is 17.0 Å². The Morgan fingerprint density at radius 1 is 0.356 bits per heavy atom. The van der Waals surface area contributed by atoms with Crippen LogP contribution in [0.3, 0.4) is 0 Å². The van der Waals surface area contributed by atoms with Crippen LogP contribution in [0.25, 0.3) is 0 Å². The van der Waals surface area contributed by atoms with Crippen molar-refractivity contribution < 1.29 is 81.8 Å². The van der Waals surface area contributed by atoms with E-state index < -0.39 is 198 Å². The van der Waals surface area contributed by atoms with Gasteiger partial charge < -0.3 is 119 Å². The molecule has 1 aliphatic rings. The predicted molar refractivity (Wildman–Crippen MR) is 509 cm³/mol. The molecule has 1 saturated heterocycles. The van der Waals surface area contributed by atoms with Crippen molar-refractivity contribution in [3.8, 4) is 5.75 Å². The highest BCUT2D eigenvalue weighted by atomic mass is 16.3. The van der Waals surface area contributed by atoms with Gasteiger partial charge in [0.1, 0.15) is 90.3 Å². The molecule has 0 radical (unpaired) electrons. The van der Waals surface area contributed by atoms with Crippen LogP contribution >= 0.6 is 0 Å². The summed E-state index contributed by atoms with van der Waals surface area (Å²) in [5, 5.41) is 48.8. The maximum absolute atomic E-state index is 15.1. The van der Waals surface area contributed by atoms with Gasteiger partial charge in [-0.2, -0.15) is 0 Å². The number of nitrogens with zero attached hydrogens (tertiary/aromatic N) is 1. The van der Waals surface area contributed by atoms with Gasteiger partial charge >= 0.3 is 0 Å². The summed E-state index contributed by atoms with van der Waals surface area (Å²) in [5.74, 6) is -13.0. The summed E-state index contributed by atoms with van der Waals surface area (Å²) in [5.41, 5.74) is 36.0. The van der Waals surface area contributed by atoms with Crippen LogP contribution in [0.4, 0.5) is 0 Å². The van der Waals surface area contributed by atoms with E-state index in [-0.39, 0.29) is 163 Å². The van der Waals surface area contributed by atoms with Gasteiger partial charge in [-0.05, 0) is 245 Å². The number of primary amides is 1. The standard InChI is InChI=1S/C94H169N21O17/c1-19-61(18)79(93(131)106-68(32-23-27-41-98)83(121)107-69(80(100)118)43-53(2)3)114-91(129)75(49-59(14)15)112-86(124)70(44-54(4)5)102-78(117)52-101-82(120)65(29-20-24-38-95)105-92(130)77-33-28-42-115(77)94(132)76(50-60(16)17)113-90(128)74(48-58(12)13)111-89(127)73(47-57(10)11)109-85(123)67(31-22-26-40-97)104-87(125)71(45-55(6)7)110-88(126)72(46-56(8)9)108-84(122)66(30-21-25-39-96)103-81(119)64(99)51-62-34-36-63(116)37-35-62/h34-37,53-61,64-77,79,116H,19-33,38-52,95-99H2,1-18H3,(H2,100,118)(H,101,120)(H,102,117)(H,103,119)(H,104,125)(H,105,130)(H,106,131)(H,107,121)(H,108,122)(H,109,123)(H,110,126)(H,111,127)(H,112,124)(H,113,128)(H,114,129)/t61-,64-,65-,66-,67-,68-,69-,70-,71-,72-,73-,74-,75-,76-,77-,79-/m0/s1. The van der Waals surface area contributed by atoms with Gasteiger partial charge in [0.2, 0.25) is 94.5 Å². The molecule has 1 aliphatic heterocycles. The number of hydrogen-bond acceptors (Lipinski definition) is 22. The van der Waals surface area contributed by atoms with Gasteiger partial charge in [-0.25, -0.2) is 0 Å². The fourth-order valence-electron chi connectivity index (χ4n) is 15.6. The molecule has 1 aromatic rings. The second-order valence-electron chi connectivity index (χ2n) is 39.1. The summed E-state index contributed by atoms with van der Waals surface area (Å²) >= 11 is 0. The monoisotopic (exact) mass is 1860 g/mol. The van der Waals surface area contributed by atoms with Crippen LogP contribution < -0.4 is 109 Å². The number of hydrogen-bond donors (Lipinski definition) is 21. The Morgan fingerprint density at radius 2 is 0.644 bits per heavy atom. The van der Waals surface area contributed by atoms with E-state index >= 15 is 4.79 Å². The van der Waals surface area contributed by atoms with Crippen molar-refractivity contribution >= 4 is 94.5 Å². The molecule has 132 heavy (non-hydrogen) atoms. The number of phenolic OH excluding ortho intramolecular Hbond substituents is 1. The van der Waals surface area contributed by atoms with E-state index in [9.17, 15) is 77.0 Å². The first-order chi connectivity index (χ1) is 62.1. The van der Waals surface area contributed by atoms with Crippen molar-refractivity contribution in [1.29, 1.82) is 0 Å². The van der Waals surface area contributed by atoms with Crippen molar-refractivity contribution in [2.75, 3.05) is 39.3 Å². The number of unbranched alkanes of at least 4 members (excludes halogenated alkanes) is 4. The lowest BCUT2D eigenvalue weighted by Crippen LogP contribution is -2.61. The zero-order valence-electron chi connectivity index (χ0n) is 82.3. The second kappa shape index (κ2) is 62.8. The third kappa shape index (κ3) is 45.8. The van der Waals surface area contributed by atoms with Crippen LogP contribution in [0.2, 0.25) is 0 Å². The molecule has 0 aliphatic carbocycles. The van der Waals surface area contributed by atoms with E-state index in [1.807, 2.05) is 118 Å². The van der Waals surface area contributed by atoms with Crippen LogP contribution in [0, 0.1) is 53.3 Å². The number of carbonyl (C=O) groups is 16. The van der Waals surface area contributed by atoms with Crippen LogP contribution in [0.1, 0.15) is 278 Å². The molecule has 2 rings (SSSR count). The zero-order valence-corrected chi connectivity index (χ0v) is 82.3. The third-order valence-corrected chi connectivity index (χ3v) is 22.9.